The summed E-state index contributed by atoms with van der Waals surface area (Å²) in [5, 5.41) is 28.2. The van der Waals surface area contributed by atoms with Crippen LogP contribution in [-0.4, -0.2) is 62.7 Å². The second kappa shape index (κ2) is 3.16. The van der Waals surface area contributed by atoms with Crippen LogP contribution in [0.25, 0.3) is 0 Å². The first-order valence-electron chi connectivity index (χ1n) is 4.10. The van der Waals surface area contributed by atoms with E-state index < -0.39 is 18.3 Å². The Bertz CT molecular complexity index is 180. The number of aliphatic hydroxyl groups excluding tert-OH is 3. The van der Waals surface area contributed by atoms with E-state index in [4.69, 9.17) is 0 Å². The van der Waals surface area contributed by atoms with Crippen molar-refractivity contribution in [1.82, 2.24) is 4.90 Å². The van der Waals surface area contributed by atoms with Crippen molar-refractivity contribution in [2.75, 3.05) is 18.8 Å². The largest absolute Gasteiger partial charge is 0.389 e. The van der Waals surface area contributed by atoms with Crippen LogP contribution in [0.5, 0.6) is 0 Å². The molecule has 2 heterocycles. The van der Waals surface area contributed by atoms with Crippen LogP contribution in [0.2, 0.25) is 0 Å². The third-order valence-electron chi connectivity index (χ3n) is 2.48. The van der Waals surface area contributed by atoms with E-state index >= 15 is 0 Å². The molecule has 0 bridgehead atoms. The minimum Gasteiger partial charge on any atom is -0.389 e. The smallest absolute Gasteiger partial charge is 0.109 e. The van der Waals surface area contributed by atoms with Crippen molar-refractivity contribution in [3.8, 4) is 0 Å². The summed E-state index contributed by atoms with van der Waals surface area (Å²) in [5.41, 5.74) is 0. The Hall–Kier alpha value is 0.190. The zero-order valence-electron chi connectivity index (χ0n) is 6.63. The highest BCUT2D eigenvalue weighted by Gasteiger charge is 2.43. The van der Waals surface area contributed by atoms with Gasteiger partial charge < -0.3 is 15.3 Å². The van der Waals surface area contributed by atoms with Gasteiger partial charge in [0, 0.05) is 18.8 Å². The molecule has 0 aromatic heterocycles. The average Bonchev–Trinajstić information content (AvgIpc) is 2.48. The van der Waals surface area contributed by atoms with Gasteiger partial charge in [-0.2, -0.15) is 0 Å². The Balaban J connectivity index is 2.10. The number of fused-ring (bicyclic) bond motifs is 1. The summed E-state index contributed by atoms with van der Waals surface area (Å²) in [6.07, 6.45) is -2.58. The van der Waals surface area contributed by atoms with Crippen LogP contribution < -0.4 is 0 Å². The molecule has 2 aliphatic heterocycles. The van der Waals surface area contributed by atoms with Crippen molar-refractivity contribution in [2.45, 2.75) is 23.7 Å². The van der Waals surface area contributed by atoms with Gasteiger partial charge in [0.2, 0.25) is 0 Å². The highest BCUT2D eigenvalue weighted by Crippen LogP contribution is 2.32. The average molecular weight is 191 g/mol. The van der Waals surface area contributed by atoms with Crippen molar-refractivity contribution >= 4 is 11.8 Å². The summed E-state index contributed by atoms with van der Waals surface area (Å²) in [5.74, 6) is 0.973. The number of thioether (sulfide) groups is 1. The highest BCUT2D eigenvalue weighted by atomic mass is 32.2. The van der Waals surface area contributed by atoms with Crippen LogP contribution >= 0.6 is 11.8 Å². The summed E-state index contributed by atoms with van der Waals surface area (Å²) >= 11 is 1.64. The fourth-order valence-electron chi connectivity index (χ4n) is 1.78. The minimum atomic E-state index is -0.975. The predicted molar refractivity (Wildman–Crippen MR) is 45.8 cm³/mol. The fourth-order valence-corrected chi connectivity index (χ4v) is 3.12. The van der Waals surface area contributed by atoms with Crippen molar-refractivity contribution in [2.24, 2.45) is 0 Å². The first-order valence-corrected chi connectivity index (χ1v) is 5.15. The Morgan fingerprint density at radius 1 is 1.17 bits per heavy atom. The number of aliphatic hydroxyl groups is 3. The molecule has 0 radical (unpaired) electrons. The van der Waals surface area contributed by atoms with Gasteiger partial charge in [-0.3, -0.25) is 4.90 Å². The van der Waals surface area contributed by atoms with Gasteiger partial charge in [0.15, 0.2) is 0 Å². The molecular weight excluding hydrogens is 178 g/mol. The van der Waals surface area contributed by atoms with Crippen molar-refractivity contribution in [1.29, 1.82) is 0 Å². The van der Waals surface area contributed by atoms with Gasteiger partial charge in [-0.1, -0.05) is 0 Å². The summed E-state index contributed by atoms with van der Waals surface area (Å²) < 4.78 is 0. The number of hydrogen-bond acceptors (Lipinski definition) is 5. The van der Waals surface area contributed by atoms with E-state index in [1.165, 1.54) is 0 Å². The lowest BCUT2D eigenvalue weighted by Crippen LogP contribution is -2.58. The molecule has 0 aliphatic carbocycles. The van der Waals surface area contributed by atoms with Crippen LogP contribution in [-0.2, 0) is 0 Å². The molecule has 0 amide bonds. The normalized spacial score (nSPS) is 49.2. The first kappa shape index (κ1) is 8.77. The Kier molecular flexibility index (Phi) is 2.31. The topological polar surface area (TPSA) is 63.9 Å². The van der Waals surface area contributed by atoms with Gasteiger partial charge in [0.25, 0.3) is 0 Å². The van der Waals surface area contributed by atoms with Crippen LogP contribution in [0.4, 0.5) is 0 Å². The van der Waals surface area contributed by atoms with Gasteiger partial charge in [-0.05, 0) is 0 Å². The molecule has 0 aromatic rings. The van der Waals surface area contributed by atoms with Gasteiger partial charge in [0.1, 0.15) is 12.2 Å². The standard InChI is InChI=1S/C7H13NO3S/c9-4-3-8-1-2-12-7(8)6(11)5(4)10/h4-7,9-11H,1-3H2/t4-,5+,6-,7+/m1/s1. The molecule has 4 nitrogen and oxygen atoms in total. The molecule has 0 unspecified atom stereocenters. The maximum Gasteiger partial charge on any atom is 0.109 e. The quantitative estimate of drug-likeness (QED) is 0.433. The van der Waals surface area contributed by atoms with Gasteiger partial charge >= 0.3 is 0 Å². The number of nitrogens with zero attached hydrogens (tertiary/aromatic N) is 1. The molecule has 0 aromatic carbocycles. The number of piperidine rings is 1. The van der Waals surface area contributed by atoms with Crippen LogP contribution in [0.1, 0.15) is 0 Å². The second-order valence-electron chi connectivity index (χ2n) is 3.30. The van der Waals surface area contributed by atoms with E-state index in [2.05, 4.69) is 0 Å². The molecule has 0 saturated carbocycles. The molecule has 2 fully saturated rings. The lowest BCUT2D eigenvalue weighted by atomic mass is 10.0. The maximum atomic E-state index is 9.55. The van der Waals surface area contributed by atoms with E-state index in [1.807, 2.05) is 4.90 Å². The molecule has 0 spiro atoms. The molecule has 2 saturated heterocycles. The summed E-state index contributed by atoms with van der Waals surface area (Å²) in [7, 11) is 0. The third kappa shape index (κ3) is 1.25. The third-order valence-corrected chi connectivity index (χ3v) is 3.82. The van der Waals surface area contributed by atoms with E-state index in [0.717, 1.165) is 12.3 Å². The molecule has 2 aliphatic rings. The Labute approximate surface area is 75.2 Å². The van der Waals surface area contributed by atoms with Crippen LogP contribution in [0.3, 0.4) is 0 Å². The molecule has 3 N–H and O–H groups in total. The zero-order chi connectivity index (χ0) is 8.72. The Morgan fingerprint density at radius 3 is 2.67 bits per heavy atom. The molecule has 2 rings (SSSR count). The fraction of sp³-hybridized carbons (Fsp3) is 1.00. The SMILES string of the molecule is O[C@@H]1[C@@H](O)[C@@H]2SCCN2C[C@H]1O. The van der Waals surface area contributed by atoms with Gasteiger partial charge in [-0.15, -0.1) is 11.8 Å². The van der Waals surface area contributed by atoms with E-state index in [0.29, 0.717) is 6.54 Å². The minimum absolute atomic E-state index is 0.0107. The Morgan fingerprint density at radius 2 is 1.92 bits per heavy atom. The lowest BCUT2D eigenvalue weighted by molar-refractivity contribution is -0.114. The summed E-state index contributed by atoms with van der Waals surface area (Å²) in [4.78, 5) is 2.02. The first-order chi connectivity index (χ1) is 5.70. The van der Waals surface area contributed by atoms with Crippen molar-refractivity contribution in [3.05, 3.63) is 0 Å². The van der Waals surface area contributed by atoms with E-state index in [-0.39, 0.29) is 5.37 Å². The van der Waals surface area contributed by atoms with Crippen molar-refractivity contribution < 1.29 is 15.3 Å². The maximum absolute atomic E-state index is 9.55. The van der Waals surface area contributed by atoms with E-state index in [9.17, 15) is 15.3 Å². The second-order valence-corrected chi connectivity index (χ2v) is 4.53. The summed E-state index contributed by atoms with van der Waals surface area (Å²) in [6, 6.07) is 0. The molecule has 5 heteroatoms. The molecule has 12 heavy (non-hydrogen) atoms. The van der Waals surface area contributed by atoms with Crippen LogP contribution in [0.15, 0.2) is 0 Å². The molecule has 4 atom stereocenters. The van der Waals surface area contributed by atoms with E-state index in [1.54, 1.807) is 11.8 Å². The molecular formula is C7H13NO3S. The molecule has 70 valence electrons. The zero-order valence-corrected chi connectivity index (χ0v) is 7.44. The number of hydrogen-bond donors (Lipinski definition) is 3. The van der Waals surface area contributed by atoms with Gasteiger partial charge in [0.05, 0.1) is 11.5 Å². The summed E-state index contributed by atoms with van der Waals surface area (Å²) in [6.45, 7) is 1.38. The van der Waals surface area contributed by atoms with Crippen molar-refractivity contribution in [3.63, 3.8) is 0 Å². The highest BCUT2D eigenvalue weighted by molar-refractivity contribution is 8.00. The monoisotopic (exact) mass is 191 g/mol. The van der Waals surface area contributed by atoms with Gasteiger partial charge in [-0.25, -0.2) is 0 Å². The number of rotatable bonds is 0. The van der Waals surface area contributed by atoms with Crippen LogP contribution in [0, 0.1) is 0 Å². The lowest BCUT2D eigenvalue weighted by Gasteiger charge is -2.39. The predicted octanol–water partition coefficient (Wildman–Crippen LogP) is -1.54.